The topological polar surface area (TPSA) is 92.8 Å². The van der Waals surface area contributed by atoms with Crippen LogP contribution in [0.1, 0.15) is 31.7 Å². The van der Waals surface area contributed by atoms with E-state index in [9.17, 15) is 18.0 Å². The van der Waals surface area contributed by atoms with Gasteiger partial charge in [-0.2, -0.15) is 0 Å². The molecule has 2 aliphatic rings. The van der Waals surface area contributed by atoms with Crippen molar-refractivity contribution in [3.8, 4) is 5.75 Å². The summed E-state index contributed by atoms with van der Waals surface area (Å²) in [7, 11) is -2.14. The number of para-hydroxylation sites is 2. The van der Waals surface area contributed by atoms with E-state index in [-0.39, 0.29) is 34.9 Å². The second-order valence-corrected chi connectivity index (χ2v) is 10.3. The van der Waals surface area contributed by atoms with E-state index in [1.807, 2.05) is 11.8 Å². The third-order valence-electron chi connectivity index (χ3n) is 5.77. The molecule has 8 heteroatoms. The molecule has 1 heterocycles. The van der Waals surface area contributed by atoms with E-state index in [0.717, 1.165) is 24.1 Å². The van der Waals surface area contributed by atoms with Crippen LogP contribution in [0.15, 0.2) is 47.4 Å². The standard InChI is InChI=1S/C23H26N2O5S/c1-15-13-17-14-18(9-10-20(17)25(15)23(27)16-7-8-16)31(28,29)12-11-22(26)24-19-5-3-4-6-21(19)30-2/h3-6,9-10,14-16H,7-8,11-13H2,1-2H3,(H,24,26)/t15-/m0/s1. The SMILES string of the molecule is COc1ccccc1NC(=O)CCS(=O)(=O)c1ccc2c(c1)C[C@H](C)N2C(=O)C1CC1. The van der Waals surface area contributed by atoms with Gasteiger partial charge in [-0.05, 0) is 62.1 Å². The molecule has 0 aromatic heterocycles. The highest BCUT2D eigenvalue weighted by atomic mass is 32.2. The number of ether oxygens (including phenoxy) is 1. The number of rotatable bonds is 7. The zero-order valence-corrected chi connectivity index (χ0v) is 18.4. The lowest BCUT2D eigenvalue weighted by atomic mass is 10.1. The maximum absolute atomic E-state index is 12.8. The normalized spacial score (nSPS) is 17.9. The molecule has 1 saturated carbocycles. The average Bonchev–Trinajstić information content (AvgIpc) is 3.54. The van der Waals surface area contributed by atoms with Crippen molar-refractivity contribution < 1.29 is 22.7 Å². The first kappa shape index (κ1) is 21.4. The predicted octanol–water partition coefficient (Wildman–Crippen LogP) is 3.19. The fourth-order valence-corrected chi connectivity index (χ4v) is 5.26. The van der Waals surface area contributed by atoms with Gasteiger partial charge in [0.2, 0.25) is 11.8 Å². The maximum atomic E-state index is 12.8. The summed E-state index contributed by atoms with van der Waals surface area (Å²) in [4.78, 5) is 26.9. The minimum absolute atomic E-state index is 0.0210. The van der Waals surface area contributed by atoms with E-state index in [4.69, 9.17) is 4.74 Å². The van der Waals surface area contributed by atoms with Crippen LogP contribution in [-0.4, -0.2) is 39.1 Å². The molecule has 0 saturated heterocycles. The number of fused-ring (bicyclic) bond motifs is 1. The monoisotopic (exact) mass is 442 g/mol. The van der Waals surface area contributed by atoms with E-state index in [0.29, 0.717) is 17.9 Å². The van der Waals surface area contributed by atoms with Crippen LogP contribution in [0.25, 0.3) is 0 Å². The Morgan fingerprint density at radius 1 is 1.16 bits per heavy atom. The lowest BCUT2D eigenvalue weighted by molar-refractivity contribution is -0.120. The van der Waals surface area contributed by atoms with E-state index < -0.39 is 15.7 Å². The van der Waals surface area contributed by atoms with Gasteiger partial charge in [-0.1, -0.05) is 12.1 Å². The fourth-order valence-electron chi connectivity index (χ4n) is 3.97. The van der Waals surface area contributed by atoms with Crippen LogP contribution < -0.4 is 15.0 Å². The molecule has 0 spiro atoms. The summed E-state index contributed by atoms with van der Waals surface area (Å²) < 4.78 is 30.9. The smallest absolute Gasteiger partial charge is 0.230 e. The number of sulfone groups is 1. The van der Waals surface area contributed by atoms with Gasteiger partial charge in [-0.3, -0.25) is 9.59 Å². The zero-order chi connectivity index (χ0) is 22.2. The van der Waals surface area contributed by atoms with E-state index >= 15 is 0 Å². The van der Waals surface area contributed by atoms with Gasteiger partial charge in [0.25, 0.3) is 0 Å². The number of anilines is 2. The van der Waals surface area contributed by atoms with Crippen LogP contribution in [0.5, 0.6) is 5.75 Å². The number of amides is 2. The molecule has 1 aliphatic carbocycles. The molecule has 0 unspecified atom stereocenters. The maximum Gasteiger partial charge on any atom is 0.230 e. The number of carbonyl (C=O) groups excluding carboxylic acids is 2. The minimum atomic E-state index is -3.64. The molecule has 2 amide bonds. The molecule has 4 rings (SSSR count). The van der Waals surface area contributed by atoms with Crippen LogP contribution in [0.2, 0.25) is 0 Å². The van der Waals surface area contributed by atoms with Gasteiger partial charge in [-0.15, -0.1) is 0 Å². The van der Waals surface area contributed by atoms with Crippen molar-refractivity contribution in [1.82, 2.24) is 0 Å². The highest BCUT2D eigenvalue weighted by Crippen LogP contribution is 2.39. The van der Waals surface area contributed by atoms with Crippen molar-refractivity contribution in [1.29, 1.82) is 0 Å². The molecule has 0 bridgehead atoms. The summed E-state index contributed by atoms with van der Waals surface area (Å²) in [5.74, 6) is 0.0572. The Morgan fingerprint density at radius 3 is 2.61 bits per heavy atom. The van der Waals surface area contributed by atoms with Gasteiger partial charge < -0.3 is 15.0 Å². The van der Waals surface area contributed by atoms with Crippen molar-refractivity contribution in [2.45, 2.75) is 43.5 Å². The summed E-state index contributed by atoms with van der Waals surface area (Å²) >= 11 is 0. The van der Waals surface area contributed by atoms with Crippen molar-refractivity contribution in [2.75, 3.05) is 23.1 Å². The lowest BCUT2D eigenvalue weighted by Gasteiger charge is -2.22. The molecule has 1 N–H and O–H groups in total. The summed E-state index contributed by atoms with van der Waals surface area (Å²) in [5, 5.41) is 2.70. The number of benzene rings is 2. The minimum Gasteiger partial charge on any atom is -0.495 e. The summed E-state index contributed by atoms with van der Waals surface area (Å²) in [5.41, 5.74) is 2.16. The third kappa shape index (κ3) is 4.44. The van der Waals surface area contributed by atoms with Crippen LogP contribution in [0.3, 0.4) is 0 Å². The average molecular weight is 443 g/mol. The van der Waals surface area contributed by atoms with Crippen LogP contribution in [0.4, 0.5) is 11.4 Å². The molecule has 31 heavy (non-hydrogen) atoms. The molecule has 1 fully saturated rings. The van der Waals surface area contributed by atoms with E-state index in [2.05, 4.69) is 5.32 Å². The Bertz CT molecular complexity index is 1120. The van der Waals surface area contributed by atoms with Crippen molar-refractivity contribution in [3.05, 3.63) is 48.0 Å². The molecule has 7 nitrogen and oxygen atoms in total. The molecule has 1 aliphatic heterocycles. The van der Waals surface area contributed by atoms with Gasteiger partial charge in [0.05, 0.1) is 23.4 Å². The number of hydrogen-bond donors (Lipinski definition) is 1. The molecule has 2 aromatic rings. The Kier molecular flexibility index (Phi) is 5.75. The van der Waals surface area contributed by atoms with Crippen LogP contribution in [-0.2, 0) is 25.8 Å². The quantitative estimate of drug-likeness (QED) is 0.711. The first-order valence-electron chi connectivity index (χ1n) is 10.4. The molecule has 0 radical (unpaired) electrons. The van der Waals surface area contributed by atoms with Crippen molar-refractivity contribution >= 4 is 33.0 Å². The van der Waals surface area contributed by atoms with Gasteiger partial charge >= 0.3 is 0 Å². The summed E-state index contributed by atoms with van der Waals surface area (Å²) in [6.45, 7) is 1.98. The second-order valence-electron chi connectivity index (χ2n) is 8.14. The lowest BCUT2D eigenvalue weighted by Crippen LogP contribution is -2.36. The highest BCUT2D eigenvalue weighted by Gasteiger charge is 2.39. The predicted molar refractivity (Wildman–Crippen MR) is 118 cm³/mol. The Balaban J connectivity index is 1.44. The number of hydrogen-bond acceptors (Lipinski definition) is 5. The number of carbonyl (C=O) groups is 2. The fraction of sp³-hybridized carbons (Fsp3) is 0.391. The first-order valence-corrected chi connectivity index (χ1v) is 12.1. The molecular weight excluding hydrogens is 416 g/mol. The van der Waals surface area contributed by atoms with Gasteiger partial charge in [-0.25, -0.2) is 8.42 Å². The summed E-state index contributed by atoms with van der Waals surface area (Å²) in [6, 6.07) is 11.9. The van der Waals surface area contributed by atoms with Crippen molar-refractivity contribution in [3.63, 3.8) is 0 Å². The van der Waals surface area contributed by atoms with Crippen LogP contribution >= 0.6 is 0 Å². The molecule has 2 aromatic carbocycles. The van der Waals surface area contributed by atoms with Gasteiger partial charge in [0, 0.05) is 24.1 Å². The first-order chi connectivity index (χ1) is 14.8. The largest absolute Gasteiger partial charge is 0.495 e. The number of methoxy groups -OCH3 is 1. The summed E-state index contributed by atoms with van der Waals surface area (Å²) in [6.07, 6.45) is 2.33. The van der Waals surface area contributed by atoms with Crippen molar-refractivity contribution in [2.24, 2.45) is 5.92 Å². The van der Waals surface area contributed by atoms with E-state index in [1.165, 1.54) is 13.2 Å². The Morgan fingerprint density at radius 2 is 1.90 bits per heavy atom. The number of nitrogens with zero attached hydrogens (tertiary/aromatic N) is 1. The highest BCUT2D eigenvalue weighted by molar-refractivity contribution is 7.91. The number of nitrogens with one attached hydrogen (secondary N) is 1. The van der Waals surface area contributed by atoms with Gasteiger partial charge in [0.15, 0.2) is 9.84 Å². The third-order valence-corrected chi connectivity index (χ3v) is 7.48. The van der Waals surface area contributed by atoms with E-state index in [1.54, 1.807) is 36.4 Å². The second kappa shape index (κ2) is 8.34. The van der Waals surface area contributed by atoms with Gasteiger partial charge in [0.1, 0.15) is 5.75 Å². The van der Waals surface area contributed by atoms with Crippen LogP contribution in [0, 0.1) is 5.92 Å². The molecule has 1 atom stereocenters. The molecule has 164 valence electrons. The zero-order valence-electron chi connectivity index (χ0n) is 17.6. The Hall–Kier alpha value is -2.87. The Labute approximate surface area is 182 Å². The molecular formula is C23H26N2O5S.